The van der Waals surface area contributed by atoms with Crippen LogP contribution in [0.2, 0.25) is 0 Å². The van der Waals surface area contributed by atoms with Crippen LogP contribution in [0.25, 0.3) is 6.08 Å². The molecule has 0 radical (unpaired) electrons. The lowest BCUT2D eigenvalue weighted by atomic mass is 10.1. The van der Waals surface area contributed by atoms with Gasteiger partial charge < -0.3 is 5.21 Å². The summed E-state index contributed by atoms with van der Waals surface area (Å²) in [6, 6.07) is 6.47. The van der Waals surface area contributed by atoms with E-state index in [4.69, 9.17) is 23.3 Å². The molecule has 2 rings (SSSR count). The van der Waals surface area contributed by atoms with E-state index in [0.717, 1.165) is 0 Å². The highest BCUT2D eigenvalue weighted by Crippen LogP contribution is 2.23. The van der Waals surface area contributed by atoms with Gasteiger partial charge in [-0.15, -0.1) is 0 Å². The van der Waals surface area contributed by atoms with Crippen LogP contribution >= 0.6 is 23.6 Å². The summed E-state index contributed by atoms with van der Waals surface area (Å²) >= 11 is 6.20. The lowest BCUT2D eigenvalue weighted by molar-refractivity contribution is -0.991. The molecular weight excluding hydrogens is 416 g/mol. The van der Waals surface area contributed by atoms with Crippen LogP contribution in [0, 0.1) is 12.1 Å². The van der Waals surface area contributed by atoms with Crippen LogP contribution in [0.3, 0.4) is 0 Å². The molecule has 11 nitrogen and oxygen atoms in total. The lowest BCUT2D eigenvalue weighted by Gasteiger charge is -2.11. The highest BCUT2D eigenvalue weighted by atomic mass is 32.1. The number of allylic oxidation sites excluding steroid dienone is 1. The van der Waals surface area contributed by atoms with Crippen LogP contribution in [0.4, 0.5) is 10.8 Å². The van der Waals surface area contributed by atoms with Gasteiger partial charge in [0.1, 0.15) is 5.71 Å². The quantitative estimate of drug-likeness (QED) is 0.138. The van der Waals surface area contributed by atoms with Gasteiger partial charge in [0.25, 0.3) is 0 Å². The number of anilines is 1. The number of thiazole rings is 1. The predicted molar refractivity (Wildman–Crippen MR) is 115 cm³/mol. The van der Waals surface area contributed by atoms with E-state index in [-0.39, 0.29) is 16.7 Å². The number of aryl methyl sites for hydroxylation is 1. The minimum Gasteiger partial charge on any atom is -0.595 e. The molecule has 0 spiro atoms. The molecule has 1 atom stereocenters. The van der Waals surface area contributed by atoms with E-state index >= 15 is 0 Å². The van der Waals surface area contributed by atoms with E-state index < -0.39 is 5.23 Å². The molecule has 0 aliphatic heterocycles. The first-order valence-electron chi connectivity index (χ1n) is 8.16. The minimum absolute atomic E-state index is 0.113. The fourth-order valence-electron chi connectivity index (χ4n) is 2.09. The van der Waals surface area contributed by atoms with Gasteiger partial charge in [-0.1, -0.05) is 29.5 Å². The van der Waals surface area contributed by atoms with Crippen molar-refractivity contribution in [2.24, 2.45) is 10.9 Å². The first kappa shape index (κ1) is 22.4. The van der Waals surface area contributed by atoms with Crippen molar-refractivity contribution in [2.75, 3.05) is 5.43 Å². The summed E-state index contributed by atoms with van der Waals surface area (Å²) < 4.78 is 0. The van der Waals surface area contributed by atoms with Gasteiger partial charge in [0.2, 0.25) is 16.2 Å². The number of benzene rings is 1. The Kier molecular flexibility index (Phi) is 8.14. The highest BCUT2D eigenvalue weighted by molar-refractivity contribution is 7.80. The zero-order valence-electron chi connectivity index (χ0n) is 15.5. The number of thiocarbonyl (C=S) groups is 1. The number of hydrazine groups is 2. The molecule has 1 aromatic heterocycles. The molecule has 2 aromatic rings. The maximum atomic E-state index is 11.1. The predicted octanol–water partition coefficient (Wildman–Crippen LogP) is 0.0732. The number of amides is 1. The van der Waals surface area contributed by atoms with Gasteiger partial charge in [0.15, 0.2) is 5.69 Å². The average molecular weight is 437 g/mol. The minimum atomic E-state index is -1.01. The zero-order chi connectivity index (χ0) is 21.4. The molecule has 1 heterocycles. The van der Waals surface area contributed by atoms with E-state index in [1.54, 1.807) is 37.3 Å². The van der Waals surface area contributed by atoms with Gasteiger partial charge in [-0.2, -0.15) is 10.3 Å². The van der Waals surface area contributed by atoms with Gasteiger partial charge in [0, 0.05) is 19.1 Å². The monoisotopic (exact) mass is 436 g/mol. The number of nitrogens with zero attached hydrogens (tertiary/aromatic N) is 2. The van der Waals surface area contributed by atoms with Crippen LogP contribution in [-0.2, 0) is 4.79 Å². The normalized spacial score (nSPS) is 12.5. The molecule has 0 aliphatic carbocycles. The van der Waals surface area contributed by atoms with Crippen molar-refractivity contribution >= 4 is 57.2 Å². The molecular formula is C16H20N8O3S2. The topological polar surface area (TPSA) is 164 Å². The number of aromatic nitrogens is 1. The van der Waals surface area contributed by atoms with Crippen molar-refractivity contribution in [3.63, 3.8) is 0 Å². The molecule has 1 unspecified atom stereocenters. The average Bonchev–Trinajstić information content (AvgIpc) is 3.06. The van der Waals surface area contributed by atoms with Crippen molar-refractivity contribution in [3.05, 3.63) is 51.7 Å². The summed E-state index contributed by atoms with van der Waals surface area (Å²) in [6.07, 6.45) is 3.40. The number of hydrazone groups is 1. The number of carbonyl (C=O) groups is 1. The summed E-state index contributed by atoms with van der Waals surface area (Å²) in [4.78, 5) is 16.1. The molecule has 0 saturated heterocycles. The highest BCUT2D eigenvalue weighted by Gasteiger charge is 2.13. The molecule has 1 amide bonds. The van der Waals surface area contributed by atoms with E-state index in [1.165, 1.54) is 24.3 Å². The van der Waals surface area contributed by atoms with E-state index in [9.17, 15) is 10.0 Å². The Bertz CT molecular complexity index is 942. The third-order valence-electron chi connectivity index (χ3n) is 3.35. The van der Waals surface area contributed by atoms with Gasteiger partial charge >= 0.3 is 0 Å². The third-order valence-corrected chi connectivity index (χ3v) is 4.66. The number of nitrogens with two attached hydrogens (primary N) is 1. The number of rotatable bonds is 7. The van der Waals surface area contributed by atoms with Crippen molar-refractivity contribution in [3.8, 4) is 0 Å². The fraction of sp³-hybridized carbons (Fsp3) is 0.125. The number of carbonyl (C=O) groups excluding carboxylic acids is 1. The molecule has 0 bridgehead atoms. The van der Waals surface area contributed by atoms with Gasteiger partial charge in [-0.05, 0) is 30.8 Å². The van der Waals surface area contributed by atoms with Crippen molar-refractivity contribution in [1.29, 1.82) is 0 Å². The summed E-state index contributed by atoms with van der Waals surface area (Å²) in [5.74, 6) is 5.00. The summed E-state index contributed by atoms with van der Waals surface area (Å²) in [5.41, 5.74) is 12.1. The second-order valence-corrected chi connectivity index (χ2v) is 6.99. The largest absolute Gasteiger partial charge is 0.595 e. The molecule has 0 fully saturated rings. The first-order valence-corrected chi connectivity index (χ1v) is 9.38. The number of hydrogen-bond donors (Lipinski definition) is 7. The molecule has 0 aliphatic rings. The van der Waals surface area contributed by atoms with E-state index in [0.29, 0.717) is 27.0 Å². The molecule has 29 heavy (non-hydrogen) atoms. The third kappa shape index (κ3) is 6.86. The Hall–Kier alpha value is -2.94. The molecule has 154 valence electrons. The smallest absolute Gasteiger partial charge is 0.235 e. The number of quaternary nitrogens is 1. The van der Waals surface area contributed by atoms with Crippen LogP contribution < -0.4 is 32.8 Å². The van der Waals surface area contributed by atoms with Gasteiger partial charge in [0.05, 0.1) is 10.6 Å². The zero-order valence-corrected chi connectivity index (χ0v) is 17.1. The van der Waals surface area contributed by atoms with Gasteiger partial charge in [-0.25, -0.2) is 16.0 Å². The van der Waals surface area contributed by atoms with Crippen LogP contribution in [0.5, 0.6) is 0 Å². The molecule has 8 N–H and O–H groups in total. The Morgan fingerprint density at radius 1 is 1.48 bits per heavy atom. The number of nitrogens with one attached hydrogen (secondary N) is 5. The second-order valence-electron chi connectivity index (χ2n) is 5.59. The van der Waals surface area contributed by atoms with Crippen molar-refractivity contribution in [1.82, 2.24) is 21.3 Å². The van der Waals surface area contributed by atoms with Crippen LogP contribution in [0.15, 0.2) is 35.4 Å². The summed E-state index contributed by atoms with van der Waals surface area (Å²) in [5, 5.41) is 24.1. The molecule has 0 saturated carbocycles. The molecule has 13 heteroatoms. The Morgan fingerprint density at radius 2 is 2.24 bits per heavy atom. The Balaban J connectivity index is 2.34. The van der Waals surface area contributed by atoms with Crippen LogP contribution in [0.1, 0.15) is 23.1 Å². The maximum Gasteiger partial charge on any atom is 0.235 e. The SMILES string of the molecule is CC(=O)NNc1nc(C)c(C(/C=C/c2cccc([NH+]([O-])O)c2)=N\NC(=S)NN)s1. The first-order chi connectivity index (χ1) is 13.8. The molecule has 1 aromatic carbocycles. The van der Waals surface area contributed by atoms with E-state index in [2.05, 4.69) is 31.8 Å². The second kappa shape index (κ2) is 10.6. The van der Waals surface area contributed by atoms with Gasteiger partial charge in [-0.3, -0.25) is 26.5 Å². The summed E-state index contributed by atoms with van der Waals surface area (Å²) in [7, 11) is 0. The fourth-order valence-corrected chi connectivity index (χ4v) is 3.02. The lowest BCUT2D eigenvalue weighted by Crippen LogP contribution is -2.99. The Labute approximate surface area is 175 Å². The maximum absolute atomic E-state index is 11.1. The van der Waals surface area contributed by atoms with Crippen LogP contribution in [-0.4, -0.2) is 26.9 Å². The Morgan fingerprint density at radius 3 is 2.90 bits per heavy atom. The van der Waals surface area contributed by atoms with Crippen molar-refractivity contribution in [2.45, 2.75) is 13.8 Å². The van der Waals surface area contributed by atoms with Crippen molar-refractivity contribution < 1.29 is 15.2 Å². The summed E-state index contributed by atoms with van der Waals surface area (Å²) in [6.45, 7) is 3.17. The van der Waals surface area contributed by atoms with E-state index in [1.807, 2.05) is 0 Å². The standard InChI is InChI=1S/C16H20N8O3S2/c1-9-14(29-16(18-9)23-20-10(2)25)13(21-22-15(28)19-17)7-6-11-4-3-5-12(8-11)24(26)27/h3-8,24,26H,17H2,1-2H3,(H,18,23)(H,20,25)(H2,19,22,28)/b7-6+,21-13-. The number of hydrogen-bond acceptors (Lipinski definition) is 9.